The topological polar surface area (TPSA) is 89.5 Å². The summed E-state index contributed by atoms with van der Waals surface area (Å²) in [6.45, 7) is 4.97. The van der Waals surface area contributed by atoms with E-state index >= 15 is 0 Å². The van der Waals surface area contributed by atoms with Gasteiger partial charge in [-0.3, -0.25) is 4.79 Å². The zero-order valence-electron chi connectivity index (χ0n) is 13.7. The van der Waals surface area contributed by atoms with Gasteiger partial charge in [-0.25, -0.2) is 9.52 Å². The molecule has 10 heteroatoms. The summed E-state index contributed by atoms with van der Waals surface area (Å²) in [5.41, 5.74) is -3.67. The number of ether oxygens (including phenoxy) is 1. The Morgan fingerprint density at radius 2 is 1.88 bits per heavy atom. The molecule has 1 aliphatic rings. The van der Waals surface area contributed by atoms with Crippen LogP contribution in [0.3, 0.4) is 0 Å². The van der Waals surface area contributed by atoms with Crippen LogP contribution in [0.5, 0.6) is 5.75 Å². The molecule has 1 unspecified atom stereocenters. The maximum atomic E-state index is 12.3. The molecule has 142 valence electrons. The van der Waals surface area contributed by atoms with Crippen LogP contribution in [0.15, 0.2) is 30.4 Å². The van der Waals surface area contributed by atoms with Crippen molar-refractivity contribution in [3.63, 3.8) is 0 Å². The van der Waals surface area contributed by atoms with E-state index in [-0.39, 0.29) is 17.9 Å². The lowest BCUT2D eigenvalue weighted by Crippen LogP contribution is -2.40. The lowest BCUT2D eigenvalue weighted by molar-refractivity contribution is -0.130. The van der Waals surface area contributed by atoms with E-state index in [1.807, 2.05) is 0 Å². The number of halogens is 3. The standard InChI is InChI=1S/C16H16F3NO5S/c1-9(2)15(22)25-13-4-3-11-5-10(6-12(11)8-13)7-14(21)20-26(23,24)16(17,18)19/h3-4,8,10H,1,5-7H2,2H3,(H,20,21). The normalized spacial score (nSPS) is 16.7. The molecule has 1 atom stereocenters. The summed E-state index contributed by atoms with van der Waals surface area (Å²) in [6, 6.07) is 4.87. The van der Waals surface area contributed by atoms with E-state index in [9.17, 15) is 31.2 Å². The van der Waals surface area contributed by atoms with E-state index in [1.54, 1.807) is 18.2 Å². The van der Waals surface area contributed by atoms with Crippen LogP contribution >= 0.6 is 0 Å². The molecule has 2 rings (SSSR count). The van der Waals surface area contributed by atoms with Gasteiger partial charge in [-0.15, -0.1) is 0 Å². The lowest BCUT2D eigenvalue weighted by atomic mass is 10.0. The van der Waals surface area contributed by atoms with Crippen molar-refractivity contribution in [2.75, 3.05) is 0 Å². The molecule has 0 heterocycles. The van der Waals surface area contributed by atoms with Gasteiger partial charge in [0.15, 0.2) is 0 Å². The molecule has 0 aliphatic heterocycles. The summed E-state index contributed by atoms with van der Waals surface area (Å²) in [4.78, 5) is 23.1. The minimum absolute atomic E-state index is 0.228. The lowest BCUT2D eigenvalue weighted by Gasteiger charge is -2.11. The average molecular weight is 391 g/mol. The Balaban J connectivity index is 1.99. The molecule has 0 bridgehead atoms. The number of esters is 1. The average Bonchev–Trinajstić information content (AvgIpc) is 2.86. The van der Waals surface area contributed by atoms with E-state index in [0.29, 0.717) is 18.6 Å². The van der Waals surface area contributed by atoms with Crippen LogP contribution in [0.25, 0.3) is 0 Å². The number of carbonyl (C=O) groups excluding carboxylic acids is 2. The van der Waals surface area contributed by atoms with Gasteiger partial charge in [-0.2, -0.15) is 21.6 Å². The second kappa shape index (κ2) is 7.10. The van der Waals surface area contributed by atoms with Crippen LogP contribution in [0.4, 0.5) is 13.2 Å². The maximum Gasteiger partial charge on any atom is 0.516 e. The smallest absolute Gasteiger partial charge is 0.423 e. The summed E-state index contributed by atoms with van der Waals surface area (Å²) >= 11 is 0. The van der Waals surface area contributed by atoms with Crippen molar-refractivity contribution in [1.82, 2.24) is 4.72 Å². The summed E-state index contributed by atoms with van der Waals surface area (Å²) in [6.07, 6.45) is 0.391. The molecule has 6 nitrogen and oxygen atoms in total. The van der Waals surface area contributed by atoms with E-state index in [0.717, 1.165) is 15.8 Å². The summed E-state index contributed by atoms with van der Waals surface area (Å²) < 4.78 is 64.8. The van der Waals surface area contributed by atoms with Crippen molar-refractivity contribution < 1.29 is 35.9 Å². The van der Waals surface area contributed by atoms with Crippen LogP contribution in [0.2, 0.25) is 0 Å². The van der Waals surface area contributed by atoms with Crippen molar-refractivity contribution in [1.29, 1.82) is 0 Å². The predicted molar refractivity (Wildman–Crippen MR) is 85.5 cm³/mol. The molecule has 1 N–H and O–H groups in total. The number of carbonyl (C=O) groups is 2. The highest BCUT2D eigenvalue weighted by Gasteiger charge is 2.47. The molecule has 26 heavy (non-hydrogen) atoms. The third-order valence-corrected chi connectivity index (χ3v) is 4.89. The second-order valence-electron chi connectivity index (χ2n) is 6.05. The predicted octanol–water partition coefficient (Wildman–Crippen LogP) is 2.24. The van der Waals surface area contributed by atoms with E-state index in [1.165, 1.54) is 6.92 Å². The first kappa shape index (κ1) is 20.0. The maximum absolute atomic E-state index is 12.3. The van der Waals surface area contributed by atoms with Gasteiger partial charge in [0, 0.05) is 12.0 Å². The molecule has 1 aromatic rings. The molecule has 0 saturated heterocycles. The first-order chi connectivity index (χ1) is 11.9. The Kier molecular flexibility index (Phi) is 5.45. The second-order valence-corrected chi connectivity index (χ2v) is 7.73. The quantitative estimate of drug-likeness (QED) is 0.472. The van der Waals surface area contributed by atoms with Crippen LogP contribution in [0.1, 0.15) is 24.5 Å². The first-order valence-electron chi connectivity index (χ1n) is 7.50. The Bertz CT molecular complexity index is 861. The van der Waals surface area contributed by atoms with E-state index in [4.69, 9.17) is 4.74 Å². The van der Waals surface area contributed by atoms with Crippen LogP contribution in [0, 0.1) is 5.92 Å². The zero-order chi connectivity index (χ0) is 19.7. The molecule has 0 aromatic heterocycles. The summed E-state index contributed by atoms with van der Waals surface area (Å²) in [5.74, 6) is -1.85. The summed E-state index contributed by atoms with van der Waals surface area (Å²) in [5, 5.41) is 0. The van der Waals surface area contributed by atoms with Crippen molar-refractivity contribution >= 4 is 21.9 Å². The fourth-order valence-corrected chi connectivity index (χ4v) is 3.10. The number of sulfonamides is 1. The van der Waals surface area contributed by atoms with Gasteiger partial charge in [0.2, 0.25) is 5.91 Å². The number of nitrogens with one attached hydrogen (secondary N) is 1. The SMILES string of the molecule is C=C(C)C(=O)Oc1ccc2c(c1)CC(CC(=O)NS(=O)(=O)C(F)(F)F)C2. The monoisotopic (exact) mass is 391 g/mol. The fraction of sp³-hybridized carbons (Fsp3) is 0.375. The molecule has 0 radical (unpaired) electrons. The minimum Gasteiger partial charge on any atom is -0.423 e. The molecule has 1 aromatic carbocycles. The molecule has 1 aliphatic carbocycles. The van der Waals surface area contributed by atoms with Gasteiger partial charge in [-0.05, 0) is 48.9 Å². The third kappa shape index (κ3) is 4.63. The molecule has 0 fully saturated rings. The molecular formula is C16H16F3NO5S. The Labute approximate surface area is 148 Å². The van der Waals surface area contributed by atoms with Gasteiger partial charge in [-0.1, -0.05) is 12.6 Å². The molecule has 0 spiro atoms. The largest absolute Gasteiger partial charge is 0.516 e. The van der Waals surface area contributed by atoms with Crippen molar-refractivity contribution in [3.8, 4) is 5.75 Å². The van der Waals surface area contributed by atoms with Crippen LogP contribution in [-0.4, -0.2) is 25.8 Å². The highest BCUT2D eigenvalue weighted by Crippen LogP contribution is 2.32. The molecule has 0 saturated carbocycles. The third-order valence-electron chi connectivity index (χ3n) is 3.78. The fourth-order valence-electron chi connectivity index (χ4n) is 2.60. The van der Waals surface area contributed by atoms with Crippen molar-refractivity contribution in [2.24, 2.45) is 5.92 Å². The Hall–Kier alpha value is -2.36. The Morgan fingerprint density at radius 3 is 2.46 bits per heavy atom. The number of benzene rings is 1. The minimum atomic E-state index is -5.70. The van der Waals surface area contributed by atoms with Gasteiger partial charge < -0.3 is 4.74 Å². The number of alkyl halides is 3. The number of rotatable bonds is 5. The van der Waals surface area contributed by atoms with E-state index < -0.39 is 27.4 Å². The Morgan fingerprint density at radius 1 is 1.27 bits per heavy atom. The van der Waals surface area contributed by atoms with Gasteiger partial charge >= 0.3 is 21.5 Å². The van der Waals surface area contributed by atoms with Crippen LogP contribution in [-0.2, 0) is 32.5 Å². The molecular weight excluding hydrogens is 375 g/mol. The van der Waals surface area contributed by atoms with Gasteiger partial charge in [0.05, 0.1) is 0 Å². The van der Waals surface area contributed by atoms with Crippen molar-refractivity contribution in [2.45, 2.75) is 31.7 Å². The van der Waals surface area contributed by atoms with Gasteiger partial charge in [0.1, 0.15) is 5.75 Å². The van der Waals surface area contributed by atoms with Gasteiger partial charge in [0.25, 0.3) is 0 Å². The number of hydrogen-bond acceptors (Lipinski definition) is 5. The van der Waals surface area contributed by atoms with E-state index in [2.05, 4.69) is 6.58 Å². The molecule has 1 amide bonds. The zero-order valence-corrected chi connectivity index (χ0v) is 14.5. The highest BCUT2D eigenvalue weighted by atomic mass is 32.2. The van der Waals surface area contributed by atoms with Crippen LogP contribution < -0.4 is 9.46 Å². The van der Waals surface area contributed by atoms with Crippen molar-refractivity contribution in [3.05, 3.63) is 41.5 Å². The summed E-state index contributed by atoms with van der Waals surface area (Å²) in [7, 11) is -5.70. The number of fused-ring (bicyclic) bond motifs is 1. The first-order valence-corrected chi connectivity index (χ1v) is 8.99. The number of hydrogen-bond donors (Lipinski definition) is 1. The highest BCUT2D eigenvalue weighted by molar-refractivity contribution is 7.90. The number of amides is 1.